The molecule has 3 rings (SSSR count). The van der Waals surface area contributed by atoms with Crippen LogP contribution in [-0.2, 0) is 9.63 Å². The Balaban J connectivity index is 1.71. The van der Waals surface area contributed by atoms with E-state index in [1.54, 1.807) is 19.2 Å². The maximum absolute atomic E-state index is 12.5. The number of carbonyl (C=O) groups excluding carboxylic acids is 1. The molecule has 1 atom stereocenters. The van der Waals surface area contributed by atoms with E-state index in [2.05, 4.69) is 26.4 Å². The van der Waals surface area contributed by atoms with Crippen LogP contribution in [0.25, 0.3) is 0 Å². The molecular weight excluding hydrogens is 388 g/mol. The molecule has 2 aromatic carbocycles. The van der Waals surface area contributed by atoms with Crippen LogP contribution < -0.4 is 14.8 Å². The predicted octanol–water partition coefficient (Wildman–Crippen LogP) is 3.92. The Labute approximate surface area is 153 Å². The third-order valence-electron chi connectivity index (χ3n) is 3.82. The van der Waals surface area contributed by atoms with Crippen LogP contribution in [0, 0.1) is 0 Å². The fraction of sp³-hybridized carbons (Fsp3) is 0.222. The lowest BCUT2D eigenvalue weighted by atomic mass is 10.0. The second-order valence-electron chi connectivity index (χ2n) is 5.39. The highest BCUT2D eigenvalue weighted by molar-refractivity contribution is 9.10. The van der Waals surface area contributed by atoms with Crippen LogP contribution >= 0.6 is 15.9 Å². The van der Waals surface area contributed by atoms with Crippen molar-refractivity contribution in [2.45, 2.75) is 12.5 Å². The zero-order chi connectivity index (χ0) is 17.8. The lowest BCUT2D eigenvalue weighted by Crippen LogP contribution is -2.22. The van der Waals surface area contributed by atoms with Crippen molar-refractivity contribution in [1.82, 2.24) is 0 Å². The van der Waals surface area contributed by atoms with Gasteiger partial charge in [0.25, 0.3) is 5.91 Å². The van der Waals surface area contributed by atoms with E-state index in [1.807, 2.05) is 30.3 Å². The highest BCUT2D eigenvalue weighted by Gasteiger charge is 2.27. The fourth-order valence-electron chi connectivity index (χ4n) is 2.50. The van der Waals surface area contributed by atoms with Gasteiger partial charge in [-0.3, -0.25) is 4.79 Å². The minimum Gasteiger partial charge on any atom is -0.493 e. The number of carbonyl (C=O) groups is 1. The molecule has 0 saturated heterocycles. The van der Waals surface area contributed by atoms with Crippen molar-refractivity contribution in [2.75, 3.05) is 19.5 Å². The molecular formula is C18H17BrN2O4. The summed E-state index contributed by atoms with van der Waals surface area (Å²) in [5, 5.41) is 6.75. The van der Waals surface area contributed by atoms with Crippen molar-refractivity contribution >= 4 is 33.2 Å². The van der Waals surface area contributed by atoms with Gasteiger partial charge in [0, 0.05) is 23.0 Å². The zero-order valence-electron chi connectivity index (χ0n) is 13.8. The number of nitrogens with zero attached hydrogens (tertiary/aromatic N) is 1. The lowest BCUT2D eigenvalue weighted by molar-refractivity contribution is -0.110. The number of hydrogen-bond acceptors (Lipinski definition) is 5. The quantitative estimate of drug-likeness (QED) is 0.819. The summed E-state index contributed by atoms with van der Waals surface area (Å²) in [5.41, 5.74) is 1.89. The van der Waals surface area contributed by atoms with Gasteiger partial charge in [-0.1, -0.05) is 35.5 Å². The van der Waals surface area contributed by atoms with Crippen molar-refractivity contribution < 1.29 is 19.1 Å². The maximum Gasteiger partial charge on any atom is 0.273 e. The average Bonchev–Trinajstić information content (AvgIpc) is 3.14. The second-order valence-corrected chi connectivity index (χ2v) is 6.24. The molecule has 0 aromatic heterocycles. The van der Waals surface area contributed by atoms with Crippen molar-refractivity contribution in [3.8, 4) is 11.5 Å². The smallest absolute Gasteiger partial charge is 0.273 e. The van der Waals surface area contributed by atoms with Gasteiger partial charge in [0.1, 0.15) is 5.71 Å². The summed E-state index contributed by atoms with van der Waals surface area (Å²) in [6.07, 6.45) is 0.177. The number of amides is 1. The molecule has 6 nitrogen and oxygen atoms in total. The van der Waals surface area contributed by atoms with E-state index < -0.39 is 0 Å². The minimum absolute atomic E-state index is 0.240. The third kappa shape index (κ3) is 3.76. The molecule has 1 aliphatic rings. The van der Waals surface area contributed by atoms with E-state index in [-0.39, 0.29) is 12.0 Å². The molecule has 1 amide bonds. The van der Waals surface area contributed by atoms with Crippen molar-refractivity contribution in [2.24, 2.45) is 5.16 Å². The first-order chi connectivity index (χ1) is 12.1. The Bertz CT molecular complexity index is 808. The number of methoxy groups -OCH3 is 2. The summed E-state index contributed by atoms with van der Waals surface area (Å²) in [4.78, 5) is 17.9. The molecule has 1 aliphatic heterocycles. The maximum atomic E-state index is 12.5. The van der Waals surface area contributed by atoms with Gasteiger partial charge >= 0.3 is 0 Å². The predicted molar refractivity (Wildman–Crippen MR) is 98.2 cm³/mol. The lowest BCUT2D eigenvalue weighted by Gasteiger charge is -2.12. The number of anilines is 1. The van der Waals surface area contributed by atoms with Gasteiger partial charge in [0.05, 0.1) is 19.9 Å². The molecule has 0 unspecified atom stereocenters. The van der Waals surface area contributed by atoms with Crippen LogP contribution in [-0.4, -0.2) is 25.8 Å². The van der Waals surface area contributed by atoms with E-state index in [9.17, 15) is 4.79 Å². The number of nitrogens with one attached hydrogen (secondary N) is 1. The van der Waals surface area contributed by atoms with Gasteiger partial charge in [0.2, 0.25) is 0 Å². The van der Waals surface area contributed by atoms with Crippen LogP contribution in [0.4, 0.5) is 5.69 Å². The normalized spacial score (nSPS) is 16.0. The molecule has 0 radical (unpaired) electrons. The van der Waals surface area contributed by atoms with Crippen LogP contribution in [0.3, 0.4) is 0 Å². The first-order valence-corrected chi connectivity index (χ1v) is 8.42. The topological polar surface area (TPSA) is 69.2 Å². The van der Waals surface area contributed by atoms with Crippen molar-refractivity contribution in [1.29, 1.82) is 0 Å². The highest BCUT2D eigenvalue weighted by Crippen LogP contribution is 2.36. The number of oxime groups is 1. The van der Waals surface area contributed by atoms with Crippen molar-refractivity contribution in [3.05, 3.63) is 52.5 Å². The number of ether oxygens (including phenoxy) is 2. The molecule has 0 aliphatic carbocycles. The number of halogens is 1. The highest BCUT2D eigenvalue weighted by atomic mass is 79.9. The van der Waals surface area contributed by atoms with Crippen LogP contribution in [0.2, 0.25) is 0 Å². The third-order valence-corrected chi connectivity index (χ3v) is 4.48. The molecule has 0 saturated carbocycles. The summed E-state index contributed by atoms with van der Waals surface area (Å²) >= 11 is 3.42. The van der Waals surface area contributed by atoms with Gasteiger partial charge in [-0.05, 0) is 21.5 Å². The summed E-state index contributed by atoms with van der Waals surface area (Å²) < 4.78 is 11.2. The molecule has 7 heteroatoms. The van der Waals surface area contributed by atoms with E-state index >= 15 is 0 Å². The van der Waals surface area contributed by atoms with E-state index in [0.717, 1.165) is 5.56 Å². The first-order valence-electron chi connectivity index (χ1n) is 7.63. The Hall–Kier alpha value is -2.54. The Kier molecular flexibility index (Phi) is 5.23. The van der Waals surface area contributed by atoms with Crippen LogP contribution in [0.15, 0.2) is 52.1 Å². The number of hydrogen-bond donors (Lipinski definition) is 1. The molecule has 2 aromatic rings. The van der Waals surface area contributed by atoms with E-state index in [4.69, 9.17) is 14.3 Å². The average molecular weight is 405 g/mol. The molecule has 1 heterocycles. The standard InChI is InChI=1S/C18H17BrN2O4/c1-23-16-8-12(19)13(9-17(16)24-2)20-18(22)14-10-15(25-21-14)11-6-4-3-5-7-11/h3-9,15H,10H2,1-2H3,(H,20,22)/t15-/m0/s1. The number of rotatable bonds is 5. The fourth-order valence-corrected chi connectivity index (χ4v) is 2.92. The van der Waals surface area contributed by atoms with E-state index in [0.29, 0.717) is 33.8 Å². The zero-order valence-corrected chi connectivity index (χ0v) is 15.4. The van der Waals surface area contributed by atoms with Crippen molar-refractivity contribution in [3.63, 3.8) is 0 Å². The molecule has 25 heavy (non-hydrogen) atoms. The first kappa shape index (κ1) is 17.3. The SMILES string of the molecule is COc1cc(Br)c(NC(=O)C2=NO[C@H](c3ccccc3)C2)cc1OC. The largest absolute Gasteiger partial charge is 0.493 e. The number of benzene rings is 2. The summed E-state index contributed by atoms with van der Waals surface area (Å²) in [7, 11) is 3.09. The second kappa shape index (κ2) is 7.57. The molecule has 130 valence electrons. The Morgan fingerprint density at radius 3 is 2.56 bits per heavy atom. The summed E-state index contributed by atoms with van der Waals surface area (Å²) in [5.74, 6) is 0.775. The van der Waals surface area contributed by atoms with Gasteiger partial charge in [0.15, 0.2) is 17.6 Å². The molecule has 0 bridgehead atoms. The van der Waals surface area contributed by atoms with Gasteiger partial charge in [-0.2, -0.15) is 0 Å². The Morgan fingerprint density at radius 1 is 1.20 bits per heavy atom. The van der Waals surface area contributed by atoms with Gasteiger partial charge < -0.3 is 19.6 Å². The minimum atomic E-state index is -0.314. The van der Waals surface area contributed by atoms with Crippen LogP contribution in [0.5, 0.6) is 11.5 Å². The molecule has 0 spiro atoms. The summed E-state index contributed by atoms with van der Waals surface area (Å²) in [6, 6.07) is 13.1. The molecule has 0 fully saturated rings. The summed E-state index contributed by atoms with van der Waals surface area (Å²) in [6.45, 7) is 0. The van der Waals surface area contributed by atoms with Gasteiger partial charge in [-0.15, -0.1) is 0 Å². The van der Waals surface area contributed by atoms with E-state index in [1.165, 1.54) is 7.11 Å². The molecule has 1 N–H and O–H groups in total. The van der Waals surface area contributed by atoms with Gasteiger partial charge in [-0.25, -0.2) is 0 Å². The monoisotopic (exact) mass is 404 g/mol. The van der Waals surface area contributed by atoms with Crippen LogP contribution in [0.1, 0.15) is 18.1 Å². The Morgan fingerprint density at radius 2 is 1.88 bits per heavy atom.